The highest BCUT2D eigenvalue weighted by Gasteiger charge is 2.15. The highest BCUT2D eigenvalue weighted by atomic mass is 16.5. The number of para-hydroxylation sites is 2. The molecular weight excluding hydrogens is 324 g/mol. The summed E-state index contributed by atoms with van der Waals surface area (Å²) in [6.45, 7) is 4.98. The van der Waals surface area contributed by atoms with Crippen LogP contribution in [0, 0.1) is 0 Å². The Balaban J connectivity index is 1.64. The third-order valence-corrected chi connectivity index (χ3v) is 4.43. The summed E-state index contributed by atoms with van der Waals surface area (Å²) in [5.74, 6) is 0.662. The van der Waals surface area contributed by atoms with Gasteiger partial charge in [0.05, 0.1) is 12.3 Å². The molecule has 1 atom stereocenters. The topological polar surface area (TPSA) is 54.9 Å². The van der Waals surface area contributed by atoms with Crippen molar-refractivity contribution in [2.24, 2.45) is 0 Å². The Labute approximate surface area is 154 Å². The summed E-state index contributed by atoms with van der Waals surface area (Å²) in [6, 6.07) is 22.4. The van der Waals surface area contributed by atoms with Crippen LogP contribution in [-0.4, -0.2) is 19.1 Å². The molecule has 0 heterocycles. The Morgan fingerprint density at radius 1 is 1.04 bits per heavy atom. The fraction of sp³-hybridized carbons (Fsp3) is 0.227. The van der Waals surface area contributed by atoms with Crippen LogP contribution in [0.3, 0.4) is 0 Å². The number of amides is 1. The average molecular weight is 349 g/mol. The molecule has 0 aliphatic rings. The predicted octanol–water partition coefficient (Wildman–Crippen LogP) is 3.50. The normalized spacial score (nSPS) is 11.9. The van der Waals surface area contributed by atoms with E-state index in [0.29, 0.717) is 24.6 Å². The minimum Gasteiger partial charge on any atom is -0.492 e. The molecule has 4 nitrogen and oxygen atoms in total. The first-order chi connectivity index (χ1) is 12.7. The van der Waals surface area contributed by atoms with E-state index in [0.717, 1.165) is 0 Å². The molecule has 4 heteroatoms. The first-order valence-corrected chi connectivity index (χ1v) is 9.01. The molecule has 134 valence electrons. The lowest BCUT2D eigenvalue weighted by molar-refractivity contribution is -0.682. The number of nitrogens with one attached hydrogen (secondary N) is 1. The van der Waals surface area contributed by atoms with Gasteiger partial charge in [-0.3, -0.25) is 4.79 Å². The van der Waals surface area contributed by atoms with Gasteiger partial charge in [-0.05, 0) is 36.8 Å². The summed E-state index contributed by atoms with van der Waals surface area (Å²) < 4.78 is 5.56. The van der Waals surface area contributed by atoms with Gasteiger partial charge < -0.3 is 15.4 Å². The van der Waals surface area contributed by atoms with E-state index in [4.69, 9.17) is 4.74 Å². The summed E-state index contributed by atoms with van der Waals surface area (Å²) in [4.78, 5) is 12.4. The molecule has 0 radical (unpaired) electrons. The average Bonchev–Trinajstić information content (AvgIpc) is 2.67. The lowest BCUT2D eigenvalue weighted by atomic mass is 10.00. The molecule has 1 amide bonds. The van der Waals surface area contributed by atoms with E-state index in [1.54, 1.807) is 0 Å². The Bertz CT molecular complexity index is 887. The van der Waals surface area contributed by atoms with Crippen LogP contribution in [0.4, 0.5) is 5.69 Å². The van der Waals surface area contributed by atoms with Gasteiger partial charge in [0.1, 0.15) is 11.8 Å². The fourth-order valence-electron chi connectivity index (χ4n) is 3.11. The second-order valence-corrected chi connectivity index (χ2v) is 6.27. The van der Waals surface area contributed by atoms with Crippen LogP contribution < -0.4 is 15.4 Å². The van der Waals surface area contributed by atoms with E-state index >= 15 is 0 Å². The van der Waals surface area contributed by atoms with Crippen LogP contribution in [0.1, 0.15) is 25.5 Å². The van der Waals surface area contributed by atoms with Crippen molar-refractivity contribution in [3.8, 4) is 5.75 Å². The summed E-state index contributed by atoms with van der Waals surface area (Å²) >= 11 is 0. The Hall–Kier alpha value is -2.85. The molecular formula is C22H25N2O2+. The van der Waals surface area contributed by atoms with Gasteiger partial charge in [-0.25, -0.2) is 0 Å². The van der Waals surface area contributed by atoms with Gasteiger partial charge in [0.15, 0.2) is 6.54 Å². The molecule has 0 spiro atoms. The molecule has 0 saturated heterocycles. The number of carbonyl (C=O) groups is 1. The van der Waals surface area contributed by atoms with Crippen molar-refractivity contribution >= 4 is 22.4 Å². The SMILES string of the molecule is CCOc1ccccc1NC(=O)C[NH2+][C@H](C)c1cccc2ccccc12. The van der Waals surface area contributed by atoms with Gasteiger partial charge in [-0.2, -0.15) is 0 Å². The maximum absolute atomic E-state index is 12.4. The Morgan fingerprint density at radius 3 is 2.62 bits per heavy atom. The van der Waals surface area contributed by atoms with E-state index in [-0.39, 0.29) is 11.9 Å². The van der Waals surface area contributed by atoms with Crippen molar-refractivity contribution in [2.45, 2.75) is 19.9 Å². The largest absolute Gasteiger partial charge is 0.492 e. The lowest BCUT2D eigenvalue weighted by Gasteiger charge is -2.14. The minimum atomic E-state index is -0.0377. The summed E-state index contributed by atoms with van der Waals surface area (Å²) in [5, 5.41) is 7.46. The summed E-state index contributed by atoms with van der Waals surface area (Å²) in [7, 11) is 0. The lowest BCUT2D eigenvalue weighted by Crippen LogP contribution is -2.86. The van der Waals surface area contributed by atoms with Crippen molar-refractivity contribution in [1.82, 2.24) is 0 Å². The number of ether oxygens (including phenoxy) is 1. The van der Waals surface area contributed by atoms with Crippen molar-refractivity contribution < 1.29 is 14.8 Å². The zero-order chi connectivity index (χ0) is 18.4. The van der Waals surface area contributed by atoms with E-state index < -0.39 is 0 Å². The molecule has 26 heavy (non-hydrogen) atoms. The van der Waals surface area contributed by atoms with Crippen LogP contribution in [0.15, 0.2) is 66.7 Å². The molecule has 0 aliphatic carbocycles. The standard InChI is InChI=1S/C22H24N2O2/c1-3-26-21-14-7-6-13-20(21)24-22(25)15-23-16(2)18-12-8-10-17-9-4-5-11-19(17)18/h4-14,16,23H,3,15H2,1-2H3,(H,24,25)/p+1/t16-/m1/s1. The number of fused-ring (bicyclic) bond motifs is 1. The molecule has 0 aromatic heterocycles. The number of benzene rings is 3. The monoisotopic (exact) mass is 349 g/mol. The van der Waals surface area contributed by atoms with Crippen LogP contribution in [0.5, 0.6) is 5.75 Å². The molecule has 3 aromatic carbocycles. The third kappa shape index (κ3) is 4.21. The van der Waals surface area contributed by atoms with Crippen LogP contribution in [0.2, 0.25) is 0 Å². The number of hydrogen-bond donors (Lipinski definition) is 2. The first-order valence-electron chi connectivity index (χ1n) is 9.01. The maximum atomic E-state index is 12.4. The number of rotatable bonds is 7. The Kier molecular flexibility index (Phi) is 5.87. The van der Waals surface area contributed by atoms with E-state index in [2.05, 4.69) is 54.0 Å². The van der Waals surface area contributed by atoms with Crippen molar-refractivity contribution in [1.29, 1.82) is 0 Å². The quantitative estimate of drug-likeness (QED) is 0.686. The van der Waals surface area contributed by atoms with Crippen LogP contribution in [0.25, 0.3) is 10.8 Å². The van der Waals surface area contributed by atoms with Crippen molar-refractivity contribution in [3.63, 3.8) is 0 Å². The third-order valence-electron chi connectivity index (χ3n) is 4.43. The molecule has 0 saturated carbocycles. The number of anilines is 1. The smallest absolute Gasteiger partial charge is 0.279 e. The van der Waals surface area contributed by atoms with Gasteiger partial charge in [-0.1, -0.05) is 54.6 Å². The van der Waals surface area contributed by atoms with Crippen LogP contribution in [-0.2, 0) is 4.79 Å². The number of quaternary nitrogens is 1. The molecule has 3 aromatic rings. The molecule has 0 aliphatic heterocycles. The van der Waals surface area contributed by atoms with E-state index in [9.17, 15) is 4.79 Å². The number of hydrogen-bond acceptors (Lipinski definition) is 2. The van der Waals surface area contributed by atoms with E-state index in [1.165, 1.54) is 16.3 Å². The van der Waals surface area contributed by atoms with Crippen molar-refractivity contribution in [3.05, 3.63) is 72.3 Å². The molecule has 0 bridgehead atoms. The van der Waals surface area contributed by atoms with Gasteiger partial charge in [0.2, 0.25) is 0 Å². The Morgan fingerprint density at radius 2 is 1.77 bits per heavy atom. The highest BCUT2D eigenvalue weighted by Crippen LogP contribution is 2.24. The second kappa shape index (κ2) is 8.50. The van der Waals surface area contributed by atoms with Gasteiger partial charge in [0, 0.05) is 5.56 Å². The molecule has 3 rings (SSSR count). The highest BCUT2D eigenvalue weighted by molar-refractivity contribution is 5.93. The maximum Gasteiger partial charge on any atom is 0.279 e. The van der Waals surface area contributed by atoms with Gasteiger partial charge in [-0.15, -0.1) is 0 Å². The second-order valence-electron chi connectivity index (χ2n) is 6.27. The summed E-state index contributed by atoms with van der Waals surface area (Å²) in [6.07, 6.45) is 0. The van der Waals surface area contributed by atoms with Crippen LogP contribution >= 0.6 is 0 Å². The molecule has 0 unspecified atom stereocenters. The fourth-order valence-corrected chi connectivity index (χ4v) is 3.11. The zero-order valence-electron chi connectivity index (χ0n) is 15.2. The van der Waals surface area contributed by atoms with Crippen molar-refractivity contribution in [2.75, 3.05) is 18.5 Å². The minimum absolute atomic E-state index is 0.0377. The molecule has 3 N–H and O–H groups in total. The van der Waals surface area contributed by atoms with E-state index in [1.807, 2.05) is 37.3 Å². The number of carbonyl (C=O) groups excluding carboxylic acids is 1. The number of nitrogens with two attached hydrogens (primary N) is 1. The predicted molar refractivity (Wildman–Crippen MR) is 105 cm³/mol. The van der Waals surface area contributed by atoms with Gasteiger partial charge >= 0.3 is 0 Å². The first kappa shape index (κ1) is 18.0. The molecule has 0 fully saturated rings. The van der Waals surface area contributed by atoms with Gasteiger partial charge in [0.25, 0.3) is 5.91 Å². The zero-order valence-corrected chi connectivity index (χ0v) is 15.2. The summed E-state index contributed by atoms with van der Waals surface area (Å²) in [5.41, 5.74) is 1.95.